The van der Waals surface area contributed by atoms with Crippen molar-refractivity contribution < 1.29 is 5.11 Å². The first kappa shape index (κ1) is 15.3. The molecule has 1 atom stereocenters. The molecule has 1 fully saturated rings. The fourth-order valence-electron chi connectivity index (χ4n) is 1.20. The Hall–Kier alpha value is 0.310. The maximum absolute atomic E-state index is 8.83. The maximum Gasteiger partial charge on any atom is 0.191 e. The van der Waals surface area contributed by atoms with Crippen LogP contribution in [0.15, 0.2) is 4.99 Å². The largest absolute Gasteiger partial charge is 0.396 e. The minimum atomic E-state index is 0. The number of guanidine groups is 1. The Balaban J connectivity index is 0.00000196. The predicted octanol–water partition coefficient (Wildman–Crippen LogP) is 0.596. The van der Waals surface area contributed by atoms with Gasteiger partial charge in [0.2, 0.25) is 0 Å². The van der Waals surface area contributed by atoms with E-state index in [0.29, 0.717) is 12.5 Å². The van der Waals surface area contributed by atoms with Gasteiger partial charge >= 0.3 is 0 Å². The van der Waals surface area contributed by atoms with Crippen LogP contribution in [0.2, 0.25) is 0 Å². The van der Waals surface area contributed by atoms with E-state index in [0.717, 1.165) is 24.6 Å². The van der Waals surface area contributed by atoms with Crippen LogP contribution in [-0.2, 0) is 0 Å². The molecule has 1 rings (SSSR count). The first-order valence-corrected chi connectivity index (χ1v) is 6.13. The average molecular weight is 345 g/mol. The number of rotatable bonds is 3. The minimum absolute atomic E-state index is 0. The molecule has 0 amide bonds. The Morgan fingerprint density at radius 3 is 2.67 bits per heavy atom. The van der Waals surface area contributed by atoms with Gasteiger partial charge in [-0.1, -0.05) is 6.92 Å². The van der Waals surface area contributed by atoms with Crippen molar-refractivity contribution in [1.29, 1.82) is 0 Å². The van der Waals surface area contributed by atoms with Crippen LogP contribution in [0.5, 0.6) is 0 Å². The van der Waals surface area contributed by atoms with E-state index in [2.05, 4.69) is 9.89 Å². The maximum atomic E-state index is 8.83. The summed E-state index contributed by atoms with van der Waals surface area (Å²) in [5.74, 6) is 3.09. The van der Waals surface area contributed by atoms with E-state index in [1.807, 2.05) is 18.7 Å². The third-order valence-corrected chi connectivity index (χ3v) is 3.15. The molecule has 1 aliphatic rings. The molecule has 90 valence electrons. The summed E-state index contributed by atoms with van der Waals surface area (Å²) in [6.45, 7) is 4.74. The van der Waals surface area contributed by atoms with Crippen molar-refractivity contribution in [1.82, 2.24) is 4.90 Å². The third kappa shape index (κ3) is 5.82. The third-order valence-electron chi connectivity index (χ3n) is 2.21. The molecule has 1 saturated heterocycles. The zero-order valence-corrected chi connectivity index (χ0v) is 12.2. The van der Waals surface area contributed by atoms with Gasteiger partial charge in [-0.2, -0.15) is 11.8 Å². The van der Waals surface area contributed by atoms with E-state index in [9.17, 15) is 0 Å². The van der Waals surface area contributed by atoms with Gasteiger partial charge in [-0.15, -0.1) is 24.0 Å². The number of hydrogen-bond donors (Lipinski definition) is 2. The SMILES string of the molecule is CC(CO)CN=C(N)N1CCSCC1.I. The summed E-state index contributed by atoms with van der Waals surface area (Å²) in [5, 5.41) is 8.83. The van der Waals surface area contributed by atoms with Gasteiger partial charge in [0.25, 0.3) is 0 Å². The lowest BCUT2D eigenvalue weighted by Crippen LogP contribution is -2.42. The van der Waals surface area contributed by atoms with Gasteiger partial charge in [-0.05, 0) is 5.92 Å². The van der Waals surface area contributed by atoms with E-state index < -0.39 is 0 Å². The Labute approximate surface area is 113 Å². The molecular formula is C9H20IN3OS. The topological polar surface area (TPSA) is 61.9 Å². The Kier molecular flexibility index (Phi) is 8.64. The van der Waals surface area contributed by atoms with Gasteiger partial charge in [-0.3, -0.25) is 4.99 Å². The number of aliphatic imine (C=N–C) groups is 1. The summed E-state index contributed by atoms with van der Waals surface area (Å²) in [6.07, 6.45) is 0. The number of hydrogen-bond acceptors (Lipinski definition) is 3. The molecule has 0 saturated carbocycles. The minimum Gasteiger partial charge on any atom is -0.396 e. The van der Waals surface area contributed by atoms with Crippen molar-refractivity contribution in [2.45, 2.75) is 6.92 Å². The number of aliphatic hydroxyl groups excluding tert-OH is 1. The summed E-state index contributed by atoms with van der Waals surface area (Å²) >= 11 is 1.95. The van der Waals surface area contributed by atoms with E-state index in [-0.39, 0.29) is 36.5 Å². The predicted molar refractivity (Wildman–Crippen MR) is 77.1 cm³/mol. The molecule has 0 aromatic rings. The van der Waals surface area contributed by atoms with Gasteiger partial charge in [0.1, 0.15) is 0 Å². The van der Waals surface area contributed by atoms with E-state index in [1.165, 1.54) is 0 Å². The van der Waals surface area contributed by atoms with Gasteiger partial charge in [0.05, 0.1) is 0 Å². The highest BCUT2D eigenvalue weighted by Gasteiger charge is 2.12. The molecule has 1 heterocycles. The van der Waals surface area contributed by atoms with Crippen LogP contribution in [0.4, 0.5) is 0 Å². The monoisotopic (exact) mass is 345 g/mol. The summed E-state index contributed by atoms with van der Waals surface area (Å²) in [4.78, 5) is 6.38. The molecule has 0 aromatic carbocycles. The molecule has 15 heavy (non-hydrogen) atoms. The van der Waals surface area contributed by atoms with E-state index in [1.54, 1.807) is 0 Å². The first-order chi connectivity index (χ1) is 6.74. The van der Waals surface area contributed by atoms with Crippen LogP contribution in [-0.4, -0.2) is 53.7 Å². The van der Waals surface area contributed by atoms with Crippen LogP contribution in [0.1, 0.15) is 6.92 Å². The highest BCUT2D eigenvalue weighted by molar-refractivity contribution is 14.0. The number of halogens is 1. The molecule has 3 N–H and O–H groups in total. The molecule has 1 unspecified atom stereocenters. The van der Waals surface area contributed by atoms with Gasteiger partial charge in [0.15, 0.2) is 5.96 Å². The smallest absolute Gasteiger partial charge is 0.191 e. The Bertz CT molecular complexity index is 198. The standard InChI is InChI=1S/C9H19N3OS.HI/c1-8(7-13)6-11-9(10)12-2-4-14-5-3-12;/h8,13H,2-7H2,1H3,(H2,10,11);1H. The van der Waals surface area contributed by atoms with E-state index >= 15 is 0 Å². The summed E-state index contributed by atoms with van der Waals surface area (Å²) < 4.78 is 0. The second kappa shape index (κ2) is 8.46. The molecule has 1 aliphatic heterocycles. The van der Waals surface area contributed by atoms with Crippen LogP contribution in [0.25, 0.3) is 0 Å². The highest BCUT2D eigenvalue weighted by Crippen LogP contribution is 2.08. The molecule has 6 heteroatoms. The summed E-state index contributed by atoms with van der Waals surface area (Å²) in [6, 6.07) is 0. The van der Waals surface area contributed by atoms with Crippen molar-refractivity contribution in [2.75, 3.05) is 37.7 Å². The molecule has 4 nitrogen and oxygen atoms in total. The number of nitrogens with two attached hydrogens (primary N) is 1. The molecule has 0 bridgehead atoms. The summed E-state index contributed by atoms with van der Waals surface area (Å²) in [5.41, 5.74) is 5.84. The zero-order valence-electron chi connectivity index (χ0n) is 9.06. The molecule has 0 spiro atoms. The van der Waals surface area contributed by atoms with Crippen LogP contribution < -0.4 is 5.73 Å². The Morgan fingerprint density at radius 2 is 2.13 bits per heavy atom. The number of aliphatic hydroxyl groups is 1. The number of nitrogens with zero attached hydrogens (tertiary/aromatic N) is 2. The van der Waals surface area contributed by atoms with Gasteiger partial charge in [-0.25, -0.2) is 0 Å². The number of thioether (sulfide) groups is 1. The van der Waals surface area contributed by atoms with Crippen LogP contribution in [0.3, 0.4) is 0 Å². The lowest BCUT2D eigenvalue weighted by molar-refractivity contribution is 0.241. The molecule has 0 aromatic heterocycles. The molecular weight excluding hydrogens is 325 g/mol. The van der Waals surface area contributed by atoms with Crippen molar-refractivity contribution >= 4 is 41.7 Å². The van der Waals surface area contributed by atoms with Crippen molar-refractivity contribution in [3.05, 3.63) is 0 Å². The quantitative estimate of drug-likeness (QED) is 0.447. The fourth-order valence-corrected chi connectivity index (χ4v) is 2.10. The average Bonchev–Trinajstić information content (AvgIpc) is 2.26. The fraction of sp³-hybridized carbons (Fsp3) is 0.889. The summed E-state index contributed by atoms with van der Waals surface area (Å²) in [7, 11) is 0. The van der Waals surface area contributed by atoms with Crippen molar-refractivity contribution in [3.8, 4) is 0 Å². The van der Waals surface area contributed by atoms with Gasteiger partial charge in [0, 0.05) is 37.7 Å². The molecule has 0 aliphatic carbocycles. The van der Waals surface area contributed by atoms with Crippen molar-refractivity contribution in [2.24, 2.45) is 16.6 Å². The van der Waals surface area contributed by atoms with Crippen LogP contribution >= 0.6 is 35.7 Å². The lowest BCUT2D eigenvalue weighted by atomic mass is 10.2. The van der Waals surface area contributed by atoms with Crippen LogP contribution in [0, 0.1) is 5.92 Å². The van der Waals surface area contributed by atoms with Crippen molar-refractivity contribution in [3.63, 3.8) is 0 Å². The first-order valence-electron chi connectivity index (χ1n) is 4.97. The highest BCUT2D eigenvalue weighted by atomic mass is 127. The molecule has 0 radical (unpaired) electrons. The Morgan fingerprint density at radius 1 is 1.53 bits per heavy atom. The van der Waals surface area contributed by atoms with E-state index in [4.69, 9.17) is 10.8 Å². The second-order valence-electron chi connectivity index (χ2n) is 3.59. The normalized spacial score (nSPS) is 19.6. The van der Waals surface area contributed by atoms with Gasteiger partial charge < -0.3 is 15.7 Å². The lowest BCUT2D eigenvalue weighted by Gasteiger charge is -2.27. The zero-order chi connectivity index (χ0) is 10.4. The second-order valence-corrected chi connectivity index (χ2v) is 4.81.